The summed E-state index contributed by atoms with van der Waals surface area (Å²) in [7, 11) is 0. The third kappa shape index (κ3) is 6.66. The minimum atomic E-state index is -0.472. The maximum absolute atomic E-state index is 12.8. The molecule has 8 heteroatoms. The van der Waals surface area contributed by atoms with E-state index >= 15 is 0 Å². The molecule has 1 atom stereocenters. The molecule has 0 spiro atoms. The summed E-state index contributed by atoms with van der Waals surface area (Å²) in [6, 6.07) is 12.2. The van der Waals surface area contributed by atoms with Crippen molar-refractivity contribution < 1.29 is 14.3 Å². The highest BCUT2D eigenvalue weighted by Gasteiger charge is 2.19. The van der Waals surface area contributed by atoms with Gasteiger partial charge in [0.25, 0.3) is 11.8 Å². The fraction of sp³-hybridized carbons (Fsp3) is 0.333. The predicted molar refractivity (Wildman–Crippen MR) is 114 cm³/mol. The Kier molecular flexibility index (Phi) is 8.77. The van der Waals surface area contributed by atoms with Gasteiger partial charge >= 0.3 is 0 Å². The van der Waals surface area contributed by atoms with Crippen molar-refractivity contribution in [1.82, 2.24) is 10.3 Å². The van der Waals surface area contributed by atoms with E-state index in [4.69, 9.17) is 10.00 Å². The number of unbranched alkanes of at least 4 members (excludes halogenated alkanes) is 1. The van der Waals surface area contributed by atoms with Gasteiger partial charge in [-0.2, -0.15) is 5.26 Å². The quantitative estimate of drug-likeness (QED) is 0.434. The van der Waals surface area contributed by atoms with E-state index in [-0.39, 0.29) is 23.8 Å². The molecule has 2 amide bonds. The Hall–Kier alpha value is -2.76. The molecule has 0 saturated heterocycles. The van der Waals surface area contributed by atoms with Crippen LogP contribution in [-0.2, 0) is 4.74 Å². The summed E-state index contributed by atoms with van der Waals surface area (Å²) in [5, 5.41) is 13.7. The van der Waals surface area contributed by atoms with Gasteiger partial charge in [0.15, 0.2) is 0 Å². The molecule has 0 radical (unpaired) electrons. The van der Waals surface area contributed by atoms with Gasteiger partial charge in [0.2, 0.25) is 0 Å². The molecule has 0 fully saturated rings. The normalized spacial score (nSPS) is 11.4. The number of anilines is 1. The third-order valence-electron chi connectivity index (χ3n) is 4.01. The zero-order chi connectivity index (χ0) is 21.2. The van der Waals surface area contributed by atoms with Crippen molar-refractivity contribution in [3.63, 3.8) is 0 Å². The molecule has 0 aliphatic rings. The van der Waals surface area contributed by atoms with Crippen LogP contribution >= 0.6 is 15.9 Å². The first-order valence-electron chi connectivity index (χ1n) is 9.26. The number of nitrogens with one attached hydrogen (secondary N) is 2. The summed E-state index contributed by atoms with van der Waals surface area (Å²) < 4.78 is 5.31. The van der Waals surface area contributed by atoms with E-state index in [1.54, 1.807) is 37.3 Å². The SMILES string of the molecule is CCCCNC(=O)c1nc(C)ccc1C(=O)Nc1cccc(C(Br)OCC#N)c1. The fourth-order valence-electron chi connectivity index (χ4n) is 2.54. The number of carbonyl (C=O) groups is 2. The van der Waals surface area contributed by atoms with Gasteiger partial charge in [-0.15, -0.1) is 0 Å². The zero-order valence-corrected chi connectivity index (χ0v) is 18.0. The second-order valence-corrected chi connectivity index (χ2v) is 7.15. The molecule has 2 N–H and O–H groups in total. The van der Waals surface area contributed by atoms with Crippen molar-refractivity contribution in [2.75, 3.05) is 18.5 Å². The van der Waals surface area contributed by atoms with Gasteiger partial charge in [-0.25, -0.2) is 4.98 Å². The van der Waals surface area contributed by atoms with Gasteiger partial charge < -0.3 is 15.4 Å². The largest absolute Gasteiger partial charge is 0.351 e. The summed E-state index contributed by atoms with van der Waals surface area (Å²) >= 11 is 3.35. The first kappa shape index (κ1) is 22.5. The number of hydrogen-bond acceptors (Lipinski definition) is 5. The van der Waals surface area contributed by atoms with Crippen molar-refractivity contribution in [3.05, 3.63) is 58.9 Å². The average molecular weight is 459 g/mol. The van der Waals surface area contributed by atoms with Crippen LogP contribution in [0.5, 0.6) is 0 Å². The van der Waals surface area contributed by atoms with E-state index in [1.807, 2.05) is 19.1 Å². The van der Waals surface area contributed by atoms with Gasteiger partial charge in [0.1, 0.15) is 17.3 Å². The third-order valence-corrected chi connectivity index (χ3v) is 4.80. The van der Waals surface area contributed by atoms with E-state index in [9.17, 15) is 9.59 Å². The second kappa shape index (κ2) is 11.3. The van der Waals surface area contributed by atoms with E-state index in [2.05, 4.69) is 31.5 Å². The molecule has 0 bridgehead atoms. The van der Waals surface area contributed by atoms with E-state index in [0.717, 1.165) is 18.4 Å². The van der Waals surface area contributed by atoms with Gasteiger partial charge in [-0.1, -0.05) is 41.4 Å². The van der Waals surface area contributed by atoms with Crippen LogP contribution in [0.2, 0.25) is 0 Å². The number of ether oxygens (including phenoxy) is 1. The van der Waals surface area contributed by atoms with Crippen molar-refractivity contribution >= 4 is 33.4 Å². The molecule has 0 aliphatic heterocycles. The molecule has 1 heterocycles. The minimum Gasteiger partial charge on any atom is -0.351 e. The Morgan fingerprint density at radius 1 is 1.28 bits per heavy atom. The summed E-state index contributed by atoms with van der Waals surface area (Å²) in [6.07, 6.45) is 1.81. The number of benzene rings is 1. The van der Waals surface area contributed by atoms with E-state index < -0.39 is 10.9 Å². The van der Waals surface area contributed by atoms with Crippen LogP contribution in [0.4, 0.5) is 5.69 Å². The first-order valence-corrected chi connectivity index (χ1v) is 10.2. The van der Waals surface area contributed by atoms with Crippen molar-refractivity contribution in [2.24, 2.45) is 0 Å². The lowest BCUT2D eigenvalue weighted by molar-refractivity contribution is 0.0934. The number of pyridine rings is 1. The highest BCUT2D eigenvalue weighted by molar-refractivity contribution is 9.09. The van der Waals surface area contributed by atoms with Gasteiger partial charge in [0.05, 0.1) is 11.6 Å². The van der Waals surface area contributed by atoms with Crippen LogP contribution in [0, 0.1) is 18.3 Å². The zero-order valence-electron chi connectivity index (χ0n) is 16.4. The monoisotopic (exact) mass is 458 g/mol. The first-order chi connectivity index (χ1) is 14.0. The van der Waals surface area contributed by atoms with Crippen molar-refractivity contribution in [3.8, 4) is 6.07 Å². The lowest BCUT2D eigenvalue weighted by atomic mass is 10.1. The molecule has 7 nitrogen and oxygen atoms in total. The van der Waals surface area contributed by atoms with Crippen LogP contribution in [0.25, 0.3) is 0 Å². The van der Waals surface area contributed by atoms with Gasteiger partial charge in [-0.3, -0.25) is 9.59 Å². The van der Waals surface area contributed by atoms with Crippen LogP contribution in [0.15, 0.2) is 36.4 Å². The number of hydrogen-bond donors (Lipinski definition) is 2. The number of nitrogens with zero attached hydrogens (tertiary/aromatic N) is 2. The number of rotatable bonds is 9. The van der Waals surface area contributed by atoms with Crippen molar-refractivity contribution in [2.45, 2.75) is 31.7 Å². The maximum Gasteiger partial charge on any atom is 0.270 e. The molecule has 0 aliphatic carbocycles. The van der Waals surface area contributed by atoms with Gasteiger partial charge in [-0.05, 0) is 43.2 Å². The number of amides is 2. The van der Waals surface area contributed by atoms with Crippen LogP contribution in [0.3, 0.4) is 0 Å². The molecule has 29 heavy (non-hydrogen) atoms. The highest BCUT2D eigenvalue weighted by atomic mass is 79.9. The molecule has 1 unspecified atom stereocenters. The molecular weight excluding hydrogens is 436 g/mol. The van der Waals surface area contributed by atoms with Gasteiger partial charge in [0, 0.05) is 17.9 Å². The fourth-order valence-corrected chi connectivity index (χ4v) is 2.96. The number of alkyl halides is 1. The molecule has 2 rings (SSSR count). The van der Waals surface area contributed by atoms with Crippen LogP contribution in [0.1, 0.15) is 56.9 Å². The van der Waals surface area contributed by atoms with E-state index in [0.29, 0.717) is 17.9 Å². The summed E-state index contributed by atoms with van der Waals surface area (Å²) in [5.41, 5.74) is 2.24. The lowest BCUT2D eigenvalue weighted by Gasteiger charge is -2.13. The van der Waals surface area contributed by atoms with Crippen LogP contribution < -0.4 is 10.6 Å². The Balaban J connectivity index is 2.19. The highest BCUT2D eigenvalue weighted by Crippen LogP contribution is 2.26. The Labute approximate surface area is 178 Å². The van der Waals surface area contributed by atoms with Crippen LogP contribution in [-0.4, -0.2) is 29.9 Å². The molecule has 152 valence electrons. The second-order valence-electron chi connectivity index (χ2n) is 6.32. The Morgan fingerprint density at radius 3 is 2.79 bits per heavy atom. The maximum atomic E-state index is 12.8. The smallest absolute Gasteiger partial charge is 0.270 e. The Bertz CT molecular complexity index is 911. The topological polar surface area (TPSA) is 104 Å². The number of aromatic nitrogens is 1. The predicted octanol–water partition coefficient (Wildman–Crippen LogP) is 4.11. The number of aryl methyl sites for hydroxylation is 1. The van der Waals surface area contributed by atoms with Crippen molar-refractivity contribution in [1.29, 1.82) is 5.26 Å². The molecule has 0 saturated carbocycles. The Morgan fingerprint density at radius 2 is 2.07 bits per heavy atom. The summed E-state index contributed by atoms with van der Waals surface area (Å²) in [6.45, 7) is 4.28. The summed E-state index contributed by atoms with van der Waals surface area (Å²) in [4.78, 5) is 29.6. The molecule has 2 aromatic rings. The number of nitriles is 1. The van der Waals surface area contributed by atoms with E-state index in [1.165, 1.54) is 0 Å². The summed E-state index contributed by atoms with van der Waals surface area (Å²) in [5.74, 6) is -0.800. The molecule has 1 aromatic heterocycles. The molecular formula is C21H23BrN4O3. The lowest BCUT2D eigenvalue weighted by Crippen LogP contribution is -2.28. The molecule has 1 aromatic carbocycles. The standard InChI is InChI=1S/C21H23BrN4O3/c1-3-4-11-24-21(28)18-17(9-8-14(2)25-18)20(27)26-16-7-5-6-15(13-16)19(22)29-12-10-23/h5-9,13,19H,3-4,11-12H2,1-2H3,(H,24,28)(H,26,27). The average Bonchev–Trinajstić information content (AvgIpc) is 2.72. The number of halogens is 1. The number of carbonyl (C=O) groups excluding carboxylic acids is 2. The minimum absolute atomic E-state index is 0.0575.